The van der Waals surface area contributed by atoms with Crippen LogP contribution in [0, 0.1) is 7.05 Å². The first kappa shape index (κ1) is 9.60. The summed E-state index contributed by atoms with van der Waals surface area (Å²) in [5.41, 5.74) is 0. The van der Waals surface area contributed by atoms with Crippen LogP contribution in [0.15, 0.2) is 0 Å². The van der Waals surface area contributed by atoms with Gasteiger partial charge in [-0.05, 0) is 25.9 Å². The van der Waals surface area contributed by atoms with Gasteiger partial charge in [0.05, 0.1) is 0 Å². The zero-order valence-electron chi connectivity index (χ0n) is 5.69. The summed E-state index contributed by atoms with van der Waals surface area (Å²) in [6.07, 6.45) is 4.11. The maximum atomic E-state index is 3.83. The minimum atomic E-state index is 0. The van der Waals surface area contributed by atoms with Crippen LogP contribution in [-0.4, -0.2) is 18.0 Å². The predicted octanol–water partition coefficient (Wildman–Crippen LogP) is -1.73. The van der Waals surface area contributed by atoms with Gasteiger partial charge >= 0.3 is 51.4 Å². The van der Waals surface area contributed by atoms with E-state index in [1.165, 1.54) is 32.4 Å². The molecule has 1 heterocycles. The van der Waals surface area contributed by atoms with Crippen LogP contribution in [0.25, 0.3) is 0 Å². The maximum absolute atomic E-state index is 3.83. The van der Waals surface area contributed by atoms with Crippen molar-refractivity contribution in [2.24, 2.45) is 0 Å². The van der Waals surface area contributed by atoms with E-state index in [1.807, 2.05) is 0 Å². The summed E-state index contributed by atoms with van der Waals surface area (Å²) in [4.78, 5) is 2.14. The van der Waals surface area contributed by atoms with E-state index in [1.54, 1.807) is 0 Å². The van der Waals surface area contributed by atoms with Crippen LogP contribution in [0.4, 0.5) is 0 Å². The molecule has 0 spiro atoms. The smallest absolute Gasteiger partial charge is 0.459 e. The van der Waals surface area contributed by atoms with E-state index >= 15 is 0 Å². The monoisotopic (exact) mass is 137 g/mol. The van der Waals surface area contributed by atoms with Crippen molar-refractivity contribution in [2.45, 2.75) is 19.3 Å². The molecule has 1 fully saturated rings. The van der Waals surface area contributed by atoms with Crippen LogP contribution in [0.5, 0.6) is 0 Å². The number of piperidine rings is 1. The van der Waals surface area contributed by atoms with E-state index in [2.05, 4.69) is 11.9 Å². The maximum Gasteiger partial charge on any atom is 1.00 e. The molecule has 1 aliphatic rings. The van der Waals surface area contributed by atoms with E-state index < -0.39 is 0 Å². The predicted molar refractivity (Wildman–Crippen MR) is 30.8 cm³/mol. The minimum Gasteiger partial charge on any atom is -0.459 e. The minimum absolute atomic E-state index is 0. The molecule has 1 aliphatic heterocycles. The van der Waals surface area contributed by atoms with Gasteiger partial charge < -0.3 is 4.90 Å². The van der Waals surface area contributed by atoms with Crippen molar-refractivity contribution >= 4 is 0 Å². The molecule has 1 rings (SSSR count). The normalized spacial score (nSPS) is 22.1. The average molecular weight is 137 g/mol. The molecule has 0 aromatic heterocycles. The van der Waals surface area contributed by atoms with Crippen molar-refractivity contribution in [3.63, 3.8) is 0 Å². The van der Waals surface area contributed by atoms with Crippen LogP contribution < -0.4 is 51.4 Å². The molecule has 8 heavy (non-hydrogen) atoms. The Morgan fingerprint density at radius 1 is 1.00 bits per heavy atom. The molecule has 1 saturated heterocycles. The Kier molecular flexibility index (Phi) is 6.46. The van der Waals surface area contributed by atoms with Crippen LogP contribution in [0.2, 0.25) is 0 Å². The Labute approximate surface area is 94.2 Å². The van der Waals surface area contributed by atoms with Gasteiger partial charge in [0.25, 0.3) is 0 Å². The summed E-state index contributed by atoms with van der Waals surface area (Å²) in [5.74, 6) is 0. The van der Waals surface area contributed by atoms with Gasteiger partial charge in [0.1, 0.15) is 0 Å². The fourth-order valence-electron chi connectivity index (χ4n) is 0.959. The second kappa shape index (κ2) is 5.39. The van der Waals surface area contributed by atoms with Crippen molar-refractivity contribution in [1.82, 2.24) is 4.90 Å². The SMILES string of the molecule is [CH2-]N1CCCCC1.[K+]. The van der Waals surface area contributed by atoms with E-state index in [9.17, 15) is 0 Å². The van der Waals surface area contributed by atoms with Crippen LogP contribution in [0.1, 0.15) is 19.3 Å². The van der Waals surface area contributed by atoms with E-state index in [0.29, 0.717) is 0 Å². The molecule has 0 unspecified atom stereocenters. The zero-order valence-corrected chi connectivity index (χ0v) is 8.81. The van der Waals surface area contributed by atoms with Crippen molar-refractivity contribution < 1.29 is 51.4 Å². The fourth-order valence-corrected chi connectivity index (χ4v) is 0.959. The summed E-state index contributed by atoms with van der Waals surface area (Å²) >= 11 is 0. The van der Waals surface area contributed by atoms with E-state index in [0.717, 1.165) is 0 Å². The molecule has 2 heteroatoms. The second-order valence-corrected chi connectivity index (χ2v) is 2.18. The first-order chi connectivity index (χ1) is 3.39. The van der Waals surface area contributed by atoms with E-state index in [4.69, 9.17) is 0 Å². The van der Waals surface area contributed by atoms with Gasteiger partial charge in [0, 0.05) is 0 Å². The molecular formula is C6H12KN. The molecule has 0 radical (unpaired) electrons. The molecule has 0 atom stereocenters. The van der Waals surface area contributed by atoms with Crippen LogP contribution in [0.3, 0.4) is 0 Å². The molecule has 0 saturated carbocycles. The van der Waals surface area contributed by atoms with Crippen molar-refractivity contribution in [3.8, 4) is 0 Å². The number of hydrogen-bond donors (Lipinski definition) is 0. The van der Waals surface area contributed by atoms with Gasteiger partial charge in [-0.25, -0.2) is 0 Å². The summed E-state index contributed by atoms with van der Waals surface area (Å²) < 4.78 is 0. The van der Waals surface area contributed by atoms with Crippen molar-refractivity contribution in [1.29, 1.82) is 0 Å². The average Bonchev–Trinajstić information content (AvgIpc) is 1.69. The largest absolute Gasteiger partial charge is 1.00 e. The molecule has 0 aromatic rings. The first-order valence-electron chi connectivity index (χ1n) is 2.95. The number of hydrogen-bond acceptors (Lipinski definition) is 1. The van der Waals surface area contributed by atoms with Crippen molar-refractivity contribution in [3.05, 3.63) is 7.05 Å². The van der Waals surface area contributed by atoms with Gasteiger partial charge in [-0.15, -0.1) is 0 Å². The summed E-state index contributed by atoms with van der Waals surface area (Å²) in [7, 11) is 3.83. The van der Waals surface area contributed by atoms with Gasteiger partial charge in [-0.1, -0.05) is 6.42 Å². The fraction of sp³-hybridized carbons (Fsp3) is 0.833. The Bertz CT molecular complexity index is 50.5. The molecule has 0 amide bonds. The number of rotatable bonds is 0. The molecule has 0 aliphatic carbocycles. The molecule has 0 aromatic carbocycles. The number of likely N-dealkylation sites (tertiary alicyclic amines) is 1. The summed E-state index contributed by atoms with van der Waals surface area (Å²) in [5, 5.41) is 0. The standard InChI is InChI=1S/C6H12N.K/c1-7-5-3-2-4-6-7;/h1-6H2;/q-1;+1. The molecule has 0 bridgehead atoms. The molecule has 1 nitrogen and oxygen atoms in total. The Balaban J connectivity index is 0.000000490. The van der Waals surface area contributed by atoms with Gasteiger partial charge in [-0.2, -0.15) is 0 Å². The third-order valence-corrected chi connectivity index (χ3v) is 1.45. The Hall–Kier alpha value is 1.60. The van der Waals surface area contributed by atoms with Gasteiger partial charge in [-0.3, -0.25) is 7.05 Å². The third-order valence-electron chi connectivity index (χ3n) is 1.45. The number of nitrogens with zero attached hydrogens (tertiary/aromatic N) is 1. The molecule has 42 valence electrons. The zero-order chi connectivity index (χ0) is 5.11. The summed E-state index contributed by atoms with van der Waals surface area (Å²) in [6.45, 7) is 2.42. The van der Waals surface area contributed by atoms with Crippen molar-refractivity contribution in [2.75, 3.05) is 13.1 Å². The third kappa shape index (κ3) is 3.59. The Morgan fingerprint density at radius 3 is 1.75 bits per heavy atom. The summed E-state index contributed by atoms with van der Waals surface area (Å²) in [6, 6.07) is 0. The first-order valence-corrected chi connectivity index (χ1v) is 2.95. The van der Waals surface area contributed by atoms with Crippen LogP contribution >= 0.6 is 0 Å². The second-order valence-electron chi connectivity index (χ2n) is 2.18. The molecule has 0 N–H and O–H groups in total. The van der Waals surface area contributed by atoms with E-state index in [-0.39, 0.29) is 51.4 Å². The molecular weight excluding hydrogens is 125 g/mol. The topological polar surface area (TPSA) is 3.24 Å². The van der Waals surface area contributed by atoms with Gasteiger partial charge in [0.2, 0.25) is 0 Å². The quantitative estimate of drug-likeness (QED) is 0.283. The Morgan fingerprint density at radius 2 is 1.50 bits per heavy atom. The van der Waals surface area contributed by atoms with Gasteiger partial charge in [0.15, 0.2) is 0 Å². The van der Waals surface area contributed by atoms with Crippen LogP contribution in [-0.2, 0) is 0 Å².